The summed E-state index contributed by atoms with van der Waals surface area (Å²) in [6.45, 7) is 2.11. The first kappa shape index (κ1) is 11.6. The average molecular weight is 233 g/mol. The highest BCUT2D eigenvalue weighted by Crippen LogP contribution is 2.22. The van der Waals surface area contributed by atoms with Gasteiger partial charge >= 0.3 is 0 Å². The fourth-order valence-electron chi connectivity index (χ4n) is 0.876. The number of thioether (sulfide) groups is 1. The Morgan fingerprint density at radius 2 is 2.36 bits per heavy atom. The van der Waals surface area contributed by atoms with E-state index < -0.39 is 0 Å². The monoisotopic (exact) mass is 232 g/mol. The molecule has 1 heterocycles. The maximum Gasteiger partial charge on any atom is 0.123 e. The topological polar surface area (TPSA) is 59.1 Å². The van der Waals surface area contributed by atoms with E-state index in [0.717, 1.165) is 5.69 Å². The maximum atomic E-state index is 8.84. The molecule has 0 saturated heterocycles. The minimum atomic E-state index is 0.157. The van der Waals surface area contributed by atoms with E-state index in [0.29, 0.717) is 16.6 Å². The maximum absolute atomic E-state index is 8.84. The largest absolute Gasteiger partial charge is 0.395 e. The summed E-state index contributed by atoms with van der Waals surface area (Å²) in [4.78, 5) is 4.12. The van der Waals surface area contributed by atoms with Crippen LogP contribution in [0.2, 0.25) is 5.02 Å². The molecular weight excluding hydrogens is 220 g/mol. The van der Waals surface area contributed by atoms with Gasteiger partial charge in [-0.15, -0.1) is 11.8 Å². The molecule has 0 saturated carbocycles. The Kier molecular flexibility index (Phi) is 4.51. The molecule has 3 N–H and O–H groups in total. The minimum absolute atomic E-state index is 0.157. The molecule has 0 bridgehead atoms. The Morgan fingerprint density at radius 1 is 1.64 bits per heavy atom. The van der Waals surface area contributed by atoms with E-state index in [1.807, 2.05) is 6.92 Å². The molecule has 1 unspecified atom stereocenters. The lowest BCUT2D eigenvalue weighted by Gasteiger charge is -2.08. The van der Waals surface area contributed by atoms with E-state index in [1.54, 1.807) is 23.9 Å². The van der Waals surface area contributed by atoms with Crippen LogP contribution in [0, 0.1) is 0 Å². The number of aliphatic hydroxyl groups is 1. The molecule has 0 aromatic carbocycles. The average Bonchev–Trinajstić information content (AvgIpc) is 2.19. The van der Waals surface area contributed by atoms with Gasteiger partial charge in [0.15, 0.2) is 0 Å². The lowest BCUT2D eigenvalue weighted by Crippen LogP contribution is -2.03. The zero-order valence-corrected chi connectivity index (χ0v) is 9.48. The Balaban J connectivity index is 2.62. The van der Waals surface area contributed by atoms with Gasteiger partial charge in [-0.2, -0.15) is 0 Å². The minimum Gasteiger partial charge on any atom is -0.395 e. The molecule has 0 aliphatic rings. The summed E-state index contributed by atoms with van der Waals surface area (Å²) in [5.41, 5.74) is 6.31. The number of hydrogen-bond donors (Lipinski definition) is 2. The molecule has 0 aliphatic carbocycles. The fraction of sp³-hybridized carbons (Fsp3) is 0.444. The number of aromatic nitrogens is 1. The molecule has 0 amide bonds. The van der Waals surface area contributed by atoms with Gasteiger partial charge in [-0.05, 0) is 12.1 Å². The standard InChI is InChI=1S/C9H13ClN2OS/c1-6(4-13)14-5-8-7(10)2-3-9(11)12-8/h2-3,6,13H,4-5H2,1H3,(H2,11,12). The smallest absolute Gasteiger partial charge is 0.123 e. The van der Waals surface area contributed by atoms with Crippen LogP contribution in [0.5, 0.6) is 0 Å². The van der Waals surface area contributed by atoms with Crippen molar-refractivity contribution in [3.05, 3.63) is 22.8 Å². The van der Waals surface area contributed by atoms with E-state index in [2.05, 4.69) is 4.98 Å². The molecule has 5 heteroatoms. The zero-order chi connectivity index (χ0) is 10.6. The first-order valence-electron chi connectivity index (χ1n) is 4.27. The molecule has 1 aromatic rings. The van der Waals surface area contributed by atoms with Crippen molar-refractivity contribution in [2.45, 2.75) is 17.9 Å². The third-order valence-corrected chi connectivity index (χ3v) is 3.20. The number of nitrogen functional groups attached to an aromatic ring is 1. The number of nitrogens with two attached hydrogens (primary N) is 1. The lowest BCUT2D eigenvalue weighted by atomic mass is 10.4. The number of nitrogens with zero attached hydrogens (tertiary/aromatic N) is 1. The lowest BCUT2D eigenvalue weighted by molar-refractivity contribution is 0.300. The number of hydrogen-bond acceptors (Lipinski definition) is 4. The Hall–Kier alpha value is -0.450. The van der Waals surface area contributed by atoms with Crippen LogP contribution < -0.4 is 5.73 Å². The van der Waals surface area contributed by atoms with Crippen molar-refractivity contribution in [1.29, 1.82) is 0 Å². The highest BCUT2D eigenvalue weighted by molar-refractivity contribution is 7.99. The Bertz CT molecular complexity index is 309. The SMILES string of the molecule is CC(CO)SCc1nc(N)ccc1Cl. The highest BCUT2D eigenvalue weighted by Gasteiger charge is 2.06. The van der Waals surface area contributed by atoms with Crippen molar-refractivity contribution in [2.24, 2.45) is 0 Å². The molecule has 78 valence electrons. The van der Waals surface area contributed by atoms with E-state index >= 15 is 0 Å². The fourth-order valence-corrected chi connectivity index (χ4v) is 1.90. The Morgan fingerprint density at radius 3 is 3.00 bits per heavy atom. The first-order valence-corrected chi connectivity index (χ1v) is 5.69. The molecular formula is C9H13ClN2OS. The van der Waals surface area contributed by atoms with Crippen LogP contribution in [-0.2, 0) is 5.75 Å². The second-order valence-electron chi connectivity index (χ2n) is 2.97. The van der Waals surface area contributed by atoms with Crippen molar-refractivity contribution in [3.63, 3.8) is 0 Å². The van der Waals surface area contributed by atoms with Gasteiger partial charge in [0.25, 0.3) is 0 Å². The number of anilines is 1. The zero-order valence-electron chi connectivity index (χ0n) is 7.90. The molecule has 1 aromatic heterocycles. The molecule has 3 nitrogen and oxygen atoms in total. The van der Waals surface area contributed by atoms with Crippen molar-refractivity contribution in [1.82, 2.24) is 4.98 Å². The number of halogens is 1. The number of pyridine rings is 1. The molecule has 0 spiro atoms. The van der Waals surface area contributed by atoms with Crippen LogP contribution in [0.15, 0.2) is 12.1 Å². The van der Waals surface area contributed by atoms with Crippen molar-refractivity contribution in [2.75, 3.05) is 12.3 Å². The van der Waals surface area contributed by atoms with Crippen LogP contribution in [-0.4, -0.2) is 21.9 Å². The summed E-state index contributed by atoms with van der Waals surface area (Å²) in [5, 5.41) is 9.65. The van der Waals surface area contributed by atoms with E-state index in [4.69, 9.17) is 22.4 Å². The first-order chi connectivity index (χ1) is 6.63. The predicted octanol–water partition coefficient (Wildman–Crippen LogP) is 1.93. The van der Waals surface area contributed by atoms with E-state index in [1.165, 1.54) is 0 Å². The third-order valence-electron chi connectivity index (χ3n) is 1.70. The molecule has 0 aliphatic heterocycles. The number of rotatable bonds is 4. The van der Waals surface area contributed by atoms with Gasteiger partial charge in [-0.25, -0.2) is 4.98 Å². The van der Waals surface area contributed by atoms with Gasteiger partial charge in [0, 0.05) is 11.0 Å². The van der Waals surface area contributed by atoms with E-state index in [-0.39, 0.29) is 11.9 Å². The predicted molar refractivity (Wildman–Crippen MR) is 61.5 cm³/mol. The quantitative estimate of drug-likeness (QED) is 0.833. The molecule has 0 radical (unpaired) electrons. The molecule has 14 heavy (non-hydrogen) atoms. The van der Waals surface area contributed by atoms with Gasteiger partial charge in [0.05, 0.1) is 17.3 Å². The van der Waals surface area contributed by atoms with Crippen LogP contribution in [0.1, 0.15) is 12.6 Å². The number of aliphatic hydroxyl groups excluding tert-OH is 1. The summed E-state index contributed by atoms with van der Waals surface area (Å²) in [5.74, 6) is 1.15. The molecule has 0 fully saturated rings. The summed E-state index contributed by atoms with van der Waals surface area (Å²) in [6.07, 6.45) is 0. The Labute approximate surface area is 92.7 Å². The summed E-state index contributed by atoms with van der Waals surface area (Å²) in [7, 11) is 0. The van der Waals surface area contributed by atoms with Crippen LogP contribution in [0.25, 0.3) is 0 Å². The normalized spacial score (nSPS) is 12.8. The van der Waals surface area contributed by atoms with Gasteiger partial charge in [-0.3, -0.25) is 0 Å². The summed E-state index contributed by atoms with van der Waals surface area (Å²) < 4.78 is 0. The van der Waals surface area contributed by atoms with Gasteiger partial charge in [0.2, 0.25) is 0 Å². The third kappa shape index (κ3) is 3.36. The summed E-state index contributed by atoms with van der Waals surface area (Å²) in [6, 6.07) is 3.41. The van der Waals surface area contributed by atoms with Gasteiger partial charge < -0.3 is 10.8 Å². The summed E-state index contributed by atoms with van der Waals surface area (Å²) >= 11 is 7.53. The molecule has 1 rings (SSSR count). The van der Waals surface area contributed by atoms with Crippen LogP contribution >= 0.6 is 23.4 Å². The van der Waals surface area contributed by atoms with Crippen LogP contribution in [0.3, 0.4) is 0 Å². The highest BCUT2D eigenvalue weighted by atomic mass is 35.5. The second-order valence-corrected chi connectivity index (χ2v) is 4.80. The van der Waals surface area contributed by atoms with Crippen molar-refractivity contribution < 1.29 is 5.11 Å². The van der Waals surface area contributed by atoms with Crippen molar-refractivity contribution >= 4 is 29.2 Å². The van der Waals surface area contributed by atoms with E-state index in [9.17, 15) is 0 Å². The van der Waals surface area contributed by atoms with Crippen LogP contribution in [0.4, 0.5) is 5.82 Å². The second kappa shape index (κ2) is 5.44. The van der Waals surface area contributed by atoms with Crippen molar-refractivity contribution in [3.8, 4) is 0 Å². The van der Waals surface area contributed by atoms with Gasteiger partial charge in [0.1, 0.15) is 5.82 Å². The van der Waals surface area contributed by atoms with Gasteiger partial charge in [-0.1, -0.05) is 18.5 Å². The molecule has 1 atom stereocenters.